The molecule has 2 aliphatic heterocycles. The lowest BCUT2D eigenvalue weighted by molar-refractivity contribution is 0.171. The molecule has 0 aliphatic carbocycles. The number of hydrogen-bond acceptors (Lipinski definition) is 8. The first-order valence-electron chi connectivity index (χ1n) is 18.6. The number of carbonyl (C=O) groups is 1. The normalized spacial score (nSPS) is 16.9. The molecule has 10 nitrogen and oxygen atoms in total. The van der Waals surface area contributed by atoms with E-state index >= 15 is 0 Å². The molecule has 2 saturated heterocycles. The zero-order chi connectivity index (χ0) is 38.2. The summed E-state index contributed by atoms with van der Waals surface area (Å²) >= 11 is 0. The van der Waals surface area contributed by atoms with Crippen LogP contribution >= 0.6 is 0 Å². The Morgan fingerprint density at radius 2 is 1.31 bits per heavy atom. The van der Waals surface area contributed by atoms with Crippen LogP contribution in [-0.4, -0.2) is 76.3 Å². The van der Waals surface area contributed by atoms with E-state index in [2.05, 4.69) is 51.0 Å². The van der Waals surface area contributed by atoms with Gasteiger partial charge in [-0.1, -0.05) is 96.8 Å². The predicted octanol–water partition coefficient (Wildman–Crippen LogP) is 6.65. The highest BCUT2D eigenvalue weighted by molar-refractivity contribution is 7.91. The molecule has 0 saturated carbocycles. The average molecular weight is 756 g/mol. The fourth-order valence-electron chi connectivity index (χ4n) is 6.83. The van der Waals surface area contributed by atoms with E-state index in [1.54, 1.807) is 0 Å². The fourth-order valence-corrected chi connectivity index (χ4v) is 8.11. The van der Waals surface area contributed by atoms with Gasteiger partial charge in [-0.25, -0.2) is 18.2 Å². The Morgan fingerprint density at radius 3 is 1.91 bits per heavy atom. The summed E-state index contributed by atoms with van der Waals surface area (Å²) in [6.07, 6.45) is 1.46. The van der Waals surface area contributed by atoms with Crippen molar-refractivity contribution in [3.63, 3.8) is 0 Å². The lowest BCUT2D eigenvalue weighted by Crippen LogP contribution is -2.39. The quantitative estimate of drug-likeness (QED) is 0.131. The van der Waals surface area contributed by atoms with E-state index in [0.717, 1.165) is 39.9 Å². The molecule has 55 heavy (non-hydrogen) atoms. The van der Waals surface area contributed by atoms with Gasteiger partial charge in [0.25, 0.3) is 5.88 Å². The minimum atomic E-state index is -2.89. The van der Waals surface area contributed by atoms with Crippen LogP contribution in [0.5, 0.6) is 11.6 Å². The standard InChI is InChI=1S/C44H45N5O5S/c1-33(2)49-41(39-21-19-35(20-22-39)14-13-34-15-17-36(18-16-34)27-47-23-25-55(51,52)26-24-47)29-48(44(49)50)28-40-42(53-30-37-9-5-3-6-10-37)43(46-32-45-40)54-31-38-11-7-4-8-12-38/h3-12,15-22,32-33,41H,23-31H2,1-2H3. The van der Waals surface area contributed by atoms with Gasteiger partial charge in [-0.15, -0.1) is 0 Å². The van der Waals surface area contributed by atoms with E-state index in [1.807, 2.05) is 109 Å². The summed E-state index contributed by atoms with van der Waals surface area (Å²) in [6.45, 7) is 7.25. The second-order valence-corrected chi connectivity index (χ2v) is 16.5. The third-order valence-electron chi connectivity index (χ3n) is 9.85. The van der Waals surface area contributed by atoms with Crippen molar-refractivity contribution in [2.75, 3.05) is 31.1 Å². The van der Waals surface area contributed by atoms with Gasteiger partial charge in [-0.2, -0.15) is 4.98 Å². The van der Waals surface area contributed by atoms with Gasteiger partial charge in [0.1, 0.15) is 25.2 Å². The van der Waals surface area contributed by atoms with E-state index in [0.29, 0.717) is 50.2 Å². The van der Waals surface area contributed by atoms with Gasteiger partial charge in [0.15, 0.2) is 9.84 Å². The smallest absolute Gasteiger partial charge is 0.321 e. The Labute approximate surface area is 323 Å². The molecule has 0 bridgehead atoms. The summed E-state index contributed by atoms with van der Waals surface area (Å²) in [5.41, 5.74) is 6.52. The number of hydrogen-bond donors (Lipinski definition) is 0. The Bertz CT molecular complexity index is 2230. The number of carbonyl (C=O) groups excluding carboxylic acids is 1. The first-order chi connectivity index (χ1) is 26.7. The second kappa shape index (κ2) is 17.2. The zero-order valence-electron chi connectivity index (χ0n) is 31.2. The van der Waals surface area contributed by atoms with Gasteiger partial charge < -0.3 is 19.3 Å². The molecule has 0 N–H and O–H groups in total. The van der Waals surface area contributed by atoms with E-state index in [4.69, 9.17) is 9.47 Å². The number of nitrogens with zero attached hydrogens (tertiary/aromatic N) is 5. The van der Waals surface area contributed by atoms with E-state index in [-0.39, 0.29) is 36.2 Å². The fraction of sp³-hybridized carbons (Fsp3) is 0.295. The summed E-state index contributed by atoms with van der Waals surface area (Å²) in [4.78, 5) is 28.9. The number of rotatable bonds is 12. The molecule has 2 aliphatic rings. The SMILES string of the molecule is CC(C)N1C(=O)N(Cc2ncnc(OCc3ccccc3)c2OCc2ccccc2)CC1c1ccc(C#Cc2ccc(CN3CCS(=O)(=O)CC3)cc2)cc1. The van der Waals surface area contributed by atoms with Gasteiger partial charge in [0.2, 0.25) is 5.75 Å². The number of sulfone groups is 1. The van der Waals surface area contributed by atoms with Gasteiger partial charge >= 0.3 is 6.03 Å². The van der Waals surface area contributed by atoms with Gasteiger partial charge in [0, 0.05) is 43.3 Å². The molecule has 5 aromatic rings. The van der Waals surface area contributed by atoms with Crippen LogP contribution < -0.4 is 9.47 Å². The highest BCUT2D eigenvalue weighted by Gasteiger charge is 2.40. The molecule has 1 atom stereocenters. The Balaban J connectivity index is 1.04. The van der Waals surface area contributed by atoms with Crippen LogP contribution in [0, 0.1) is 11.8 Å². The lowest BCUT2D eigenvalue weighted by Gasteiger charge is -2.27. The summed E-state index contributed by atoms with van der Waals surface area (Å²) in [5.74, 6) is 7.73. The van der Waals surface area contributed by atoms with Crippen LogP contribution in [0.15, 0.2) is 116 Å². The Hall–Kier alpha value is -5.70. The van der Waals surface area contributed by atoms with Crippen LogP contribution in [-0.2, 0) is 36.1 Å². The molecule has 4 aromatic carbocycles. The van der Waals surface area contributed by atoms with Crippen molar-refractivity contribution in [3.8, 4) is 23.5 Å². The predicted molar refractivity (Wildman–Crippen MR) is 212 cm³/mol. The Kier molecular flexibility index (Phi) is 11.8. The van der Waals surface area contributed by atoms with E-state index in [1.165, 1.54) is 6.33 Å². The minimum Gasteiger partial charge on any atom is -0.482 e. The maximum Gasteiger partial charge on any atom is 0.321 e. The molecule has 2 amide bonds. The molecule has 0 spiro atoms. The van der Waals surface area contributed by atoms with Crippen LogP contribution in [0.25, 0.3) is 0 Å². The summed E-state index contributed by atoms with van der Waals surface area (Å²) in [6, 6.07) is 35.7. The maximum atomic E-state index is 14.0. The van der Waals surface area contributed by atoms with Gasteiger partial charge in [-0.05, 0) is 60.4 Å². The molecule has 7 rings (SSSR count). The van der Waals surface area contributed by atoms with Crippen molar-refractivity contribution in [2.24, 2.45) is 0 Å². The number of benzene rings is 4. The van der Waals surface area contributed by atoms with Crippen molar-refractivity contribution in [1.82, 2.24) is 24.7 Å². The first kappa shape index (κ1) is 37.6. The van der Waals surface area contributed by atoms with Crippen molar-refractivity contribution in [3.05, 3.63) is 155 Å². The second-order valence-electron chi connectivity index (χ2n) is 14.2. The van der Waals surface area contributed by atoms with Crippen LogP contribution in [0.1, 0.15) is 59.0 Å². The summed E-state index contributed by atoms with van der Waals surface area (Å²) in [7, 11) is -2.89. The van der Waals surface area contributed by atoms with Gasteiger partial charge in [-0.3, -0.25) is 4.90 Å². The number of amides is 2. The average Bonchev–Trinajstić information content (AvgIpc) is 3.53. The monoisotopic (exact) mass is 755 g/mol. The highest BCUT2D eigenvalue weighted by atomic mass is 32.2. The van der Waals surface area contributed by atoms with Crippen molar-refractivity contribution >= 4 is 15.9 Å². The van der Waals surface area contributed by atoms with Gasteiger partial charge in [0.05, 0.1) is 24.1 Å². The first-order valence-corrected chi connectivity index (χ1v) is 20.4. The molecule has 2 fully saturated rings. The molecule has 11 heteroatoms. The molecule has 3 heterocycles. The zero-order valence-corrected chi connectivity index (χ0v) is 32.0. The van der Waals surface area contributed by atoms with E-state index < -0.39 is 9.84 Å². The van der Waals surface area contributed by atoms with Crippen molar-refractivity contribution < 1.29 is 22.7 Å². The highest BCUT2D eigenvalue weighted by Crippen LogP contribution is 2.35. The number of urea groups is 1. The third-order valence-corrected chi connectivity index (χ3v) is 11.5. The Morgan fingerprint density at radius 1 is 0.727 bits per heavy atom. The number of aromatic nitrogens is 2. The maximum absolute atomic E-state index is 14.0. The largest absolute Gasteiger partial charge is 0.482 e. The van der Waals surface area contributed by atoms with Crippen LogP contribution in [0.2, 0.25) is 0 Å². The van der Waals surface area contributed by atoms with Crippen LogP contribution in [0.4, 0.5) is 4.79 Å². The summed E-state index contributed by atoms with van der Waals surface area (Å²) in [5, 5.41) is 0. The molecule has 1 unspecified atom stereocenters. The van der Waals surface area contributed by atoms with E-state index in [9.17, 15) is 13.2 Å². The molecule has 1 aromatic heterocycles. The van der Waals surface area contributed by atoms with Crippen LogP contribution in [0.3, 0.4) is 0 Å². The van der Waals surface area contributed by atoms with Crippen molar-refractivity contribution in [2.45, 2.75) is 52.2 Å². The molecule has 0 radical (unpaired) electrons. The molecule has 282 valence electrons. The summed E-state index contributed by atoms with van der Waals surface area (Å²) < 4.78 is 36.0. The topological polar surface area (TPSA) is 105 Å². The minimum absolute atomic E-state index is 0.0307. The molecular formula is C44H45N5O5S. The third kappa shape index (κ3) is 9.70. The lowest BCUT2D eigenvalue weighted by atomic mass is 10.0. The number of ether oxygens (including phenoxy) is 2. The van der Waals surface area contributed by atoms with Crippen molar-refractivity contribution in [1.29, 1.82) is 0 Å². The molecular weight excluding hydrogens is 711 g/mol.